The number of ketones is 1. The van der Waals surface area contributed by atoms with Crippen LogP contribution in [-0.2, 0) is 11.3 Å². The Hall–Kier alpha value is -0.610. The van der Waals surface area contributed by atoms with E-state index >= 15 is 0 Å². The Morgan fingerprint density at radius 3 is 2.83 bits per heavy atom. The Morgan fingerprint density at radius 2 is 2.42 bits per heavy atom. The fourth-order valence-electron chi connectivity index (χ4n) is 0.834. The number of hydrogen-bond donors (Lipinski definition) is 0. The van der Waals surface area contributed by atoms with Gasteiger partial charge in [-0.05, 0) is 22.0 Å². The topological polar surface area (TPSA) is 39.4 Å². The lowest BCUT2D eigenvalue weighted by Crippen LogP contribution is -1.87. The van der Waals surface area contributed by atoms with Gasteiger partial charge in [-0.15, -0.1) is 0 Å². The highest BCUT2D eigenvalue weighted by Gasteiger charge is 2.10. The van der Waals surface area contributed by atoms with E-state index in [4.69, 9.17) is 9.15 Å². The summed E-state index contributed by atoms with van der Waals surface area (Å²) in [6.45, 7) is 1.90. The lowest BCUT2D eigenvalue weighted by molar-refractivity contribution is 0.0986. The van der Waals surface area contributed by atoms with E-state index in [-0.39, 0.29) is 5.78 Å². The molecule has 0 saturated heterocycles. The van der Waals surface area contributed by atoms with E-state index in [1.165, 1.54) is 6.92 Å². The summed E-state index contributed by atoms with van der Waals surface area (Å²) in [5.41, 5.74) is 0.850. The molecule has 1 aromatic rings. The maximum Gasteiger partial charge on any atom is 0.194 e. The third-order valence-electron chi connectivity index (χ3n) is 1.40. The smallest absolute Gasteiger partial charge is 0.194 e. The molecule has 0 unspecified atom stereocenters. The van der Waals surface area contributed by atoms with Crippen molar-refractivity contribution < 1.29 is 13.9 Å². The summed E-state index contributed by atoms with van der Waals surface area (Å²) in [4.78, 5) is 10.9. The van der Waals surface area contributed by atoms with Crippen LogP contribution in [-0.4, -0.2) is 12.9 Å². The highest BCUT2D eigenvalue weighted by atomic mass is 79.9. The van der Waals surface area contributed by atoms with Crippen molar-refractivity contribution in [1.82, 2.24) is 0 Å². The SMILES string of the molecule is COCc1cc(C(C)=O)oc1Br. The molecule has 12 heavy (non-hydrogen) atoms. The van der Waals surface area contributed by atoms with E-state index in [0.717, 1.165) is 5.56 Å². The molecular weight excluding hydrogens is 224 g/mol. The monoisotopic (exact) mass is 232 g/mol. The summed E-state index contributed by atoms with van der Waals surface area (Å²) >= 11 is 3.19. The highest BCUT2D eigenvalue weighted by molar-refractivity contribution is 9.10. The van der Waals surface area contributed by atoms with Crippen LogP contribution in [0, 0.1) is 0 Å². The van der Waals surface area contributed by atoms with Crippen molar-refractivity contribution in [3.05, 3.63) is 22.1 Å². The molecule has 0 atom stereocenters. The van der Waals surface area contributed by atoms with Crippen LogP contribution in [0.15, 0.2) is 15.2 Å². The third kappa shape index (κ3) is 1.95. The van der Waals surface area contributed by atoms with Crippen molar-refractivity contribution in [1.29, 1.82) is 0 Å². The van der Waals surface area contributed by atoms with Crippen LogP contribution in [0.25, 0.3) is 0 Å². The molecule has 3 nitrogen and oxygen atoms in total. The van der Waals surface area contributed by atoms with Crippen molar-refractivity contribution in [3.63, 3.8) is 0 Å². The highest BCUT2D eigenvalue weighted by Crippen LogP contribution is 2.22. The van der Waals surface area contributed by atoms with Crippen LogP contribution in [0.3, 0.4) is 0 Å². The molecule has 0 aliphatic heterocycles. The number of methoxy groups -OCH3 is 1. The standard InChI is InChI=1S/C8H9BrO3/c1-5(10)7-3-6(4-11-2)8(9)12-7/h3H,4H2,1-2H3. The average Bonchev–Trinajstić information content (AvgIpc) is 2.34. The number of halogens is 1. The molecule has 0 spiro atoms. The first-order valence-corrected chi connectivity index (χ1v) is 4.22. The summed E-state index contributed by atoms with van der Waals surface area (Å²) in [7, 11) is 1.59. The average molecular weight is 233 g/mol. The number of furan rings is 1. The largest absolute Gasteiger partial charge is 0.446 e. The van der Waals surface area contributed by atoms with Gasteiger partial charge in [0.25, 0.3) is 0 Å². The Morgan fingerprint density at radius 1 is 1.75 bits per heavy atom. The first-order valence-electron chi connectivity index (χ1n) is 3.43. The lowest BCUT2D eigenvalue weighted by atomic mass is 10.3. The van der Waals surface area contributed by atoms with Crippen LogP contribution >= 0.6 is 15.9 Å². The number of ether oxygens (including phenoxy) is 1. The number of carbonyl (C=O) groups is 1. The molecule has 0 radical (unpaired) electrons. The molecule has 0 amide bonds. The molecule has 0 saturated carbocycles. The van der Waals surface area contributed by atoms with Crippen LogP contribution in [0.1, 0.15) is 23.0 Å². The van der Waals surface area contributed by atoms with Gasteiger partial charge in [0.05, 0.1) is 6.61 Å². The molecule has 0 aliphatic carbocycles. The summed E-state index contributed by atoms with van der Waals surface area (Å²) in [6, 6.07) is 1.68. The number of carbonyl (C=O) groups excluding carboxylic acids is 1. The minimum Gasteiger partial charge on any atom is -0.446 e. The summed E-state index contributed by atoms with van der Waals surface area (Å²) in [6.07, 6.45) is 0. The van der Waals surface area contributed by atoms with Gasteiger partial charge in [-0.1, -0.05) is 0 Å². The molecule has 0 N–H and O–H groups in total. The predicted molar refractivity (Wildman–Crippen MR) is 47.1 cm³/mol. The van der Waals surface area contributed by atoms with E-state index in [1.807, 2.05) is 0 Å². The number of rotatable bonds is 3. The molecule has 1 heterocycles. The normalized spacial score (nSPS) is 10.2. The maximum absolute atomic E-state index is 10.9. The van der Waals surface area contributed by atoms with E-state index in [9.17, 15) is 4.79 Å². The molecule has 0 fully saturated rings. The Bertz CT molecular complexity index is 290. The van der Waals surface area contributed by atoms with Gasteiger partial charge < -0.3 is 9.15 Å². The third-order valence-corrected chi connectivity index (χ3v) is 2.08. The van der Waals surface area contributed by atoms with Crippen molar-refractivity contribution >= 4 is 21.7 Å². The van der Waals surface area contributed by atoms with E-state index in [1.54, 1.807) is 13.2 Å². The molecule has 0 bridgehead atoms. The second-order valence-corrected chi connectivity index (χ2v) is 3.12. The molecule has 66 valence electrons. The molecule has 0 aliphatic rings. The zero-order chi connectivity index (χ0) is 9.14. The molecular formula is C8H9BrO3. The van der Waals surface area contributed by atoms with Gasteiger partial charge in [0, 0.05) is 19.6 Å². The molecule has 1 rings (SSSR count). The molecule has 0 aromatic carbocycles. The van der Waals surface area contributed by atoms with Gasteiger partial charge in [0.1, 0.15) is 0 Å². The molecule has 1 aromatic heterocycles. The Labute approximate surface area is 78.8 Å². The van der Waals surface area contributed by atoms with Crippen LogP contribution < -0.4 is 0 Å². The van der Waals surface area contributed by atoms with Crippen molar-refractivity contribution in [2.75, 3.05) is 7.11 Å². The van der Waals surface area contributed by atoms with Crippen LogP contribution in [0.2, 0.25) is 0 Å². The van der Waals surface area contributed by atoms with Crippen molar-refractivity contribution in [2.45, 2.75) is 13.5 Å². The zero-order valence-corrected chi connectivity index (χ0v) is 8.47. The predicted octanol–water partition coefficient (Wildman–Crippen LogP) is 2.39. The zero-order valence-electron chi connectivity index (χ0n) is 6.89. The minimum absolute atomic E-state index is 0.0851. The van der Waals surface area contributed by atoms with Gasteiger partial charge in [0.15, 0.2) is 16.2 Å². The van der Waals surface area contributed by atoms with Gasteiger partial charge >= 0.3 is 0 Å². The second kappa shape index (κ2) is 3.87. The lowest BCUT2D eigenvalue weighted by Gasteiger charge is -1.91. The van der Waals surface area contributed by atoms with Crippen molar-refractivity contribution in [2.24, 2.45) is 0 Å². The van der Waals surface area contributed by atoms with Gasteiger partial charge in [-0.25, -0.2) is 0 Å². The summed E-state index contributed by atoms with van der Waals surface area (Å²) in [5, 5.41) is 0. The minimum atomic E-state index is -0.0851. The first kappa shape index (κ1) is 9.48. The molecule has 4 heteroatoms. The second-order valence-electron chi connectivity index (χ2n) is 2.40. The first-order chi connectivity index (χ1) is 5.65. The maximum atomic E-state index is 10.9. The van der Waals surface area contributed by atoms with Gasteiger partial charge in [-0.2, -0.15) is 0 Å². The quantitative estimate of drug-likeness (QED) is 0.752. The van der Waals surface area contributed by atoms with Gasteiger partial charge in [0.2, 0.25) is 0 Å². The van der Waals surface area contributed by atoms with Crippen molar-refractivity contribution in [3.8, 4) is 0 Å². The number of hydrogen-bond acceptors (Lipinski definition) is 3. The van der Waals surface area contributed by atoms with E-state index < -0.39 is 0 Å². The Kier molecular flexibility index (Phi) is 3.05. The van der Waals surface area contributed by atoms with E-state index in [2.05, 4.69) is 15.9 Å². The van der Waals surface area contributed by atoms with Crippen LogP contribution in [0.4, 0.5) is 0 Å². The fourth-order valence-corrected chi connectivity index (χ4v) is 1.24. The Balaban J connectivity index is 2.92. The van der Waals surface area contributed by atoms with E-state index in [0.29, 0.717) is 17.0 Å². The van der Waals surface area contributed by atoms with Gasteiger partial charge in [-0.3, -0.25) is 4.79 Å². The fraction of sp³-hybridized carbons (Fsp3) is 0.375. The number of Topliss-reactive ketones (excluding diaryl/α,β-unsaturated/α-hetero) is 1. The summed E-state index contributed by atoms with van der Waals surface area (Å²) in [5.74, 6) is 0.270. The van der Waals surface area contributed by atoms with Crippen LogP contribution in [0.5, 0.6) is 0 Å². The summed E-state index contributed by atoms with van der Waals surface area (Å²) < 4.78 is 10.6.